The summed E-state index contributed by atoms with van der Waals surface area (Å²) in [6.07, 6.45) is 3.65. The Hall–Kier alpha value is -1.00. The minimum absolute atomic E-state index is 0.158. The summed E-state index contributed by atoms with van der Waals surface area (Å²) in [4.78, 5) is 2.45. The van der Waals surface area contributed by atoms with Crippen LogP contribution >= 0.6 is 0 Å². The molecule has 0 aliphatic carbocycles. The van der Waals surface area contributed by atoms with Crippen molar-refractivity contribution in [3.05, 3.63) is 35.4 Å². The third-order valence-electron chi connectivity index (χ3n) is 3.72. The molecule has 1 fully saturated rings. The highest BCUT2D eigenvalue weighted by Crippen LogP contribution is 2.17. The number of halogens is 2. The summed E-state index contributed by atoms with van der Waals surface area (Å²) < 4.78 is 26.7. The Labute approximate surface area is 113 Å². The first-order valence-electron chi connectivity index (χ1n) is 7.07. The molecule has 2 rings (SSSR count). The fraction of sp³-hybridized carbons (Fsp3) is 0.600. The highest BCUT2D eigenvalue weighted by atomic mass is 19.1. The molecule has 106 valence electrons. The molecule has 0 bridgehead atoms. The second-order valence-corrected chi connectivity index (χ2v) is 5.24. The zero-order chi connectivity index (χ0) is 13.7. The summed E-state index contributed by atoms with van der Waals surface area (Å²) in [7, 11) is 0. The molecule has 1 unspecified atom stereocenters. The molecule has 0 aromatic heterocycles. The number of nitrogens with zero attached hydrogens (tertiary/aromatic N) is 1. The van der Waals surface area contributed by atoms with E-state index < -0.39 is 0 Å². The van der Waals surface area contributed by atoms with Crippen LogP contribution in [0.1, 0.15) is 37.8 Å². The second-order valence-electron chi connectivity index (χ2n) is 5.24. The molecule has 4 heteroatoms. The maximum absolute atomic E-state index is 13.6. The van der Waals surface area contributed by atoms with E-state index in [0.29, 0.717) is 5.56 Å². The Kier molecular flexibility index (Phi) is 5.28. The Morgan fingerprint density at radius 2 is 2.00 bits per heavy atom. The van der Waals surface area contributed by atoms with Gasteiger partial charge in [-0.1, -0.05) is 0 Å². The predicted octanol–water partition coefficient (Wildman–Crippen LogP) is 3.10. The highest BCUT2D eigenvalue weighted by molar-refractivity contribution is 5.21. The van der Waals surface area contributed by atoms with Gasteiger partial charge in [-0.15, -0.1) is 0 Å². The van der Waals surface area contributed by atoms with Crippen molar-refractivity contribution in [2.24, 2.45) is 0 Å². The first-order chi connectivity index (χ1) is 9.16. The minimum Gasteiger partial charge on any atom is -0.310 e. The van der Waals surface area contributed by atoms with Crippen LogP contribution < -0.4 is 5.32 Å². The average molecular weight is 268 g/mol. The Bertz CT molecular complexity index is 403. The molecule has 1 aliphatic heterocycles. The van der Waals surface area contributed by atoms with Crippen molar-refractivity contribution in [3.8, 4) is 0 Å². The minimum atomic E-state index is -0.387. The van der Waals surface area contributed by atoms with E-state index in [9.17, 15) is 8.78 Å². The van der Waals surface area contributed by atoms with Crippen LogP contribution in [0.15, 0.2) is 18.2 Å². The summed E-state index contributed by atoms with van der Waals surface area (Å²) in [5, 5.41) is 3.26. The monoisotopic (exact) mass is 268 g/mol. The molecule has 1 aliphatic rings. The molecule has 0 radical (unpaired) electrons. The number of rotatable bonds is 6. The molecule has 0 saturated carbocycles. The number of hydrogen-bond donors (Lipinski definition) is 1. The molecule has 1 N–H and O–H groups in total. The fourth-order valence-electron chi connectivity index (χ4n) is 2.58. The summed E-state index contributed by atoms with van der Waals surface area (Å²) in [5.41, 5.74) is 0.404. The van der Waals surface area contributed by atoms with Gasteiger partial charge >= 0.3 is 0 Å². The Balaban J connectivity index is 1.74. The van der Waals surface area contributed by atoms with Crippen LogP contribution in [0.25, 0.3) is 0 Å². The van der Waals surface area contributed by atoms with Crippen LogP contribution in [0, 0.1) is 11.6 Å². The van der Waals surface area contributed by atoms with E-state index in [4.69, 9.17) is 0 Å². The van der Waals surface area contributed by atoms with E-state index >= 15 is 0 Å². The molecule has 1 saturated heterocycles. The molecule has 0 spiro atoms. The van der Waals surface area contributed by atoms with Gasteiger partial charge in [0.2, 0.25) is 0 Å². The average Bonchev–Trinajstić information content (AvgIpc) is 2.90. The van der Waals surface area contributed by atoms with Crippen LogP contribution in [-0.4, -0.2) is 31.1 Å². The molecule has 19 heavy (non-hydrogen) atoms. The van der Waals surface area contributed by atoms with Gasteiger partial charge in [0, 0.05) is 11.6 Å². The zero-order valence-corrected chi connectivity index (χ0v) is 11.5. The van der Waals surface area contributed by atoms with E-state index in [1.807, 2.05) is 6.92 Å². The summed E-state index contributed by atoms with van der Waals surface area (Å²) in [5.74, 6) is -0.733. The Morgan fingerprint density at radius 3 is 2.74 bits per heavy atom. The highest BCUT2D eigenvalue weighted by Gasteiger charge is 2.13. The summed E-state index contributed by atoms with van der Waals surface area (Å²) in [6, 6.07) is 3.45. The van der Waals surface area contributed by atoms with E-state index in [0.717, 1.165) is 25.6 Å². The summed E-state index contributed by atoms with van der Waals surface area (Å²) in [6.45, 7) is 6.19. The lowest BCUT2D eigenvalue weighted by atomic mass is 10.1. The van der Waals surface area contributed by atoms with Crippen molar-refractivity contribution in [3.63, 3.8) is 0 Å². The van der Waals surface area contributed by atoms with Gasteiger partial charge in [0.1, 0.15) is 11.6 Å². The van der Waals surface area contributed by atoms with Crippen LogP contribution in [0.5, 0.6) is 0 Å². The topological polar surface area (TPSA) is 15.3 Å². The van der Waals surface area contributed by atoms with Crippen molar-refractivity contribution in [2.45, 2.75) is 32.2 Å². The van der Waals surface area contributed by atoms with Gasteiger partial charge in [-0.05, 0) is 70.6 Å². The molecular formula is C15H22F2N2. The maximum Gasteiger partial charge on any atom is 0.128 e. The largest absolute Gasteiger partial charge is 0.310 e. The number of hydrogen-bond acceptors (Lipinski definition) is 2. The first-order valence-corrected chi connectivity index (χ1v) is 7.07. The number of likely N-dealkylation sites (tertiary alicyclic amines) is 1. The van der Waals surface area contributed by atoms with E-state index in [2.05, 4.69) is 10.2 Å². The number of benzene rings is 1. The van der Waals surface area contributed by atoms with Gasteiger partial charge < -0.3 is 10.2 Å². The zero-order valence-electron chi connectivity index (χ0n) is 11.5. The van der Waals surface area contributed by atoms with Crippen LogP contribution in [0.2, 0.25) is 0 Å². The van der Waals surface area contributed by atoms with E-state index in [-0.39, 0.29) is 17.7 Å². The van der Waals surface area contributed by atoms with Gasteiger partial charge in [-0.2, -0.15) is 0 Å². The van der Waals surface area contributed by atoms with Crippen molar-refractivity contribution in [1.82, 2.24) is 10.2 Å². The van der Waals surface area contributed by atoms with Gasteiger partial charge in [0.05, 0.1) is 0 Å². The van der Waals surface area contributed by atoms with Crippen molar-refractivity contribution < 1.29 is 8.78 Å². The van der Waals surface area contributed by atoms with E-state index in [1.54, 1.807) is 0 Å². The van der Waals surface area contributed by atoms with Gasteiger partial charge in [0.25, 0.3) is 0 Å². The Morgan fingerprint density at radius 1 is 1.26 bits per heavy atom. The predicted molar refractivity (Wildman–Crippen MR) is 73.1 cm³/mol. The molecular weight excluding hydrogens is 246 g/mol. The van der Waals surface area contributed by atoms with Gasteiger partial charge in [-0.25, -0.2) is 8.78 Å². The van der Waals surface area contributed by atoms with Crippen molar-refractivity contribution >= 4 is 0 Å². The summed E-state index contributed by atoms with van der Waals surface area (Å²) >= 11 is 0. The first kappa shape index (κ1) is 14.4. The third kappa shape index (κ3) is 4.25. The van der Waals surface area contributed by atoms with Crippen molar-refractivity contribution in [2.75, 3.05) is 26.2 Å². The molecule has 1 aromatic rings. The smallest absolute Gasteiger partial charge is 0.128 e. The fourth-order valence-corrected chi connectivity index (χ4v) is 2.58. The lowest BCUT2D eigenvalue weighted by Gasteiger charge is -2.17. The van der Waals surface area contributed by atoms with Crippen molar-refractivity contribution in [1.29, 1.82) is 0 Å². The SMILES string of the molecule is CC(NCCCN1CCCC1)c1cc(F)ccc1F. The third-order valence-corrected chi connectivity index (χ3v) is 3.72. The number of nitrogens with one attached hydrogen (secondary N) is 1. The van der Waals surface area contributed by atoms with Gasteiger partial charge in [0.15, 0.2) is 0 Å². The second kappa shape index (κ2) is 6.96. The maximum atomic E-state index is 13.6. The molecule has 1 atom stereocenters. The standard InChI is InChI=1S/C15H22F2N2/c1-12(14-11-13(16)5-6-15(14)17)18-7-4-10-19-8-2-3-9-19/h5-6,11-12,18H,2-4,7-10H2,1H3. The van der Waals surface area contributed by atoms with Crippen LogP contribution in [-0.2, 0) is 0 Å². The van der Waals surface area contributed by atoms with Crippen LogP contribution in [0.3, 0.4) is 0 Å². The lowest BCUT2D eigenvalue weighted by molar-refractivity contribution is 0.328. The molecule has 1 aromatic carbocycles. The molecule has 0 amide bonds. The quantitative estimate of drug-likeness (QED) is 0.798. The molecule has 2 nitrogen and oxygen atoms in total. The van der Waals surface area contributed by atoms with Crippen LogP contribution in [0.4, 0.5) is 8.78 Å². The van der Waals surface area contributed by atoms with E-state index in [1.165, 1.54) is 38.1 Å². The normalized spacial score (nSPS) is 17.8. The molecule has 1 heterocycles. The van der Waals surface area contributed by atoms with Gasteiger partial charge in [-0.3, -0.25) is 0 Å². The lowest BCUT2D eigenvalue weighted by Crippen LogP contribution is -2.26.